The van der Waals surface area contributed by atoms with Gasteiger partial charge in [-0.1, -0.05) is 97.1 Å². The third-order valence-corrected chi connectivity index (χ3v) is 11.1. The van der Waals surface area contributed by atoms with Crippen LogP contribution in [0.1, 0.15) is 47.9 Å². The molecule has 2 heterocycles. The van der Waals surface area contributed by atoms with Crippen LogP contribution >= 0.6 is 0 Å². The zero-order valence-electron chi connectivity index (χ0n) is 35.8. The number of benzene rings is 4. The fourth-order valence-electron chi connectivity index (χ4n) is 7.55. The molecular formula is C48H56N10O6. The summed E-state index contributed by atoms with van der Waals surface area (Å²) < 4.78 is 0. The fraction of sp³-hybridized carbons (Fsp3) is 0.292. The van der Waals surface area contributed by atoms with Gasteiger partial charge in [-0.25, -0.2) is 9.80 Å². The Bertz CT molecular complexity index is 2520. The number of para-hydroxylation sites is 2. The van der Waals surface area contributed by atoms with Gasteiger partial charge in [0, 0.05) is 66.9 Å². The van der Waals surface area contributed by atoms with Crippen LogP contribution in [0, 0.1) is 0 Å². The third kappa shape index (κ3) is 12.8. The van der Waals surface area contributed by atoms with Crippen molar-refractivity contribution in [3.63, 3.8) is 0 Å². The van der Waals surface area contributed by atoms with E-state index in [2.05, 4.69) is 36.7 Å². The van der Waals surface area contributed by atoms with Gasteiger partial charge < -0.3 is 42.7 Å². The molecule has 0 saturated heterocycles. The molecule has 0 saturated carbocycles. The van der Waals surface area contributed by atoms with E-state index in [9.17, 15) is 28.8 Å². The fourth-order valence-corrected chi connectivity index (χ4v) is 7.55. The molecule has 64 heavy (non-hydrogen) atoms. The van der Waals surface area contributed by atoms with Crippen LogP contribution < -0.4 is 38.2 Å². The lowest BCUT2D eigenvalue weighted by Crippen LogP contribution is -2.60. The van der Waals surface area contributed by atoms with Crippen LogP contribution in [0.4, 0.5) is 4.79 Å². The first-order chi connectivity index (χ1) is 31.0. The maximum atomic E-state index is 14.4. The van der Waals surface area contributed by atoms with Crippen molar-refractivity contribution in [1.82, 2.24) is 41.7 Å². The molecule has 16 heteroatoms. The zero-order chi connectivity index (χ0) is 45.4. The van der Waals surface area contributed by atoms with Gasteiger partial charge in [-0.3, -0.25) is 29.4 Å². The van der Waals surface area contributed by atoms with Crippen LogP contribution in [0.3, 0.4) is 0 Å². The van der Waals surface area contributed by atoms with Gasteiger partial charge in [0.1, 0.15) is 24.2 Å². The second-order valence-corrected chi connectivity index (χ2v) is 15.8. The van der Waals surface area contributed by atoms with E-state index in [1.165, 1.54) is 7.05 Å². The lowest BCUT2D eigenvalue weighted by Gasteiger charge is -2.27. The van der Waals surface area contributed by atoms with E-state index in [-0.39, 0.29) is 38.0 Å². The molecule has 0 radical (unpaired) electrons. The number of nitrogens with zero attached hydrogens (tertiary/aromatic N) is 1. The number of amides is 7. The number of carbonyl (C=O) groups excluding carboxylic acids is 6. The molecule has 0 aliphatic rings. The van der Waals surface area contributed by atoms with Crippen LogP contribution in [-0.4, -0.2) is 88.3 Å². The average Bonchev–Trinajstić information content (AvgIpc) is 3.91. The Kier molecular flexibility index (Phi) is 16.2. The summed E-state index contributed by atoms with van der Waals surface area (Å²) in [7, 11) is 1.33. The summed E-state index contributed by atoms with van der Waals surface area (Å²) in [6.07, 6.45) is 5.73. The van der Waals surface area contributed by atoms with Gasteiger partial charge in [0.15, 0.2) is 0 Å². The monoisotopic (exact) mass is 868 g/mol. The minimum Gasteiger partial charge on any atom is -0.368 e. The smallest absolute Gasteiger partial charge is 0.336 e. The van der Waals surface area contributed by atoms with Crippen LogP contribution in [0.15, 0.2) is 122 Å². The molecule has 11 N–H and O–H groups in total. The first-order valence-corrected chi connectivity index (χ1v) is 21.4. The highest BCUT2D eigenvalue weighted by Crippen LogP contribution is 2.21. The van der Waals surface area contributed by atoms with Gasteiger partial charge in [0.2, 0.25) is 23.6 Å². The summed E-state index contributed by atoms with van der Waals surface area (Å²) >= 11 is 0. The normalized spacial score (nSPS) is 13.0. The summed E-state index contributed by atoms with van der Waals surface area (Å²) in [5.41, 5.74) is 18.8. The molecule has 4 atom stereocenters. The Labute approximate surface area is 371 Å². The average molecular weight is 869 g/mol. The number of rotatable bonds is 21. The summed E-state index contributed by atoms with van der Waals surface area (Å²) in [5.74, 6) is -3.07. The van der Waals surface area contributed by atoms with Crippen LogP contribution in [0.25, 0.3) is 21.8 Å². The molecule has 0 fully saturated rings. The number of nitrogens with one attached hydrogen (secondary N) is 7. The van der Waals surface area contributed by atoms with E-state index in [0.29, 0.717) is 31.4 Å². The molecule has 6 aromatic rings. The molecule has 4 aromatic carbocycles. The number of nitrogens with two attached hydrogens (primary N) is 2. The molecule has 16 nitrogen and oxygen atoms in total. The summed E-state index contributed by atoms with van der Waals surface area (Å²) in [5, 5.41) is 13.8. The van der Waals surface area contributed by atoms with Crippen molar-refractivity contribution in [3.8, 4) is 0 Å². The van der Waals surface area contributed by atoms with E-state index in [1.807, 2.05) is 84.9 Å². The molecular weight excluding hydrogens is 813 g/mol. The zero-order valence-corrected chi connectivity index (χ0v) is 35.8. The van der Waals surface area contributed by atoms with Crippen molar-refractivity contribution in [2.24, 2.45) is 11.5 Å². The predicted molar refractivity (Wildman–Crippen MR) is 245 cm³/mol. The highest BCUT2D eigenvalue weighted by atomic mass is 16.2. The number of aryl methyl sites for hydroxylation is 1. The molecule has 0 unspecified atom stereocenters. The molecule has 0 spiro atoms. The van der Waals surface area contributed by atoms with Gasteiger partial charge in [-0.2, -0.15) is 0 Å². The van der Waals surface area contributed by atoms with Crippen molar-refractivity contribution >= 4 is 57.4 Å². The Balaban J connectivity index is 1.21. The van der Waals surface area contributed by atoms with Crippen molar-refractivity contribution in [2.45, 2.75) is 75.5 Å². The van der Waals surface area contributed by atoms with Gasteiger partial charge in [0.05, 0.1) is 0 Å². The SMILES string of the molecule is CN(NC(=O)[C@@H](Cc1c[nH]c2ccccc12)NC(=O)CCc1ccccc1)C(=O)N[C@@H](Cc1c[nH]c2ccccc12)C(=O)N[C@H](Cc1ccccc1)C(=O)N[C@@H](CCCCN)C(N)=O. The highest BCUT2D eigenvalue weighted by molar-refractivity contribution is 5.95. The summed E-state index contributed by atoms with van der Waals surface area (Å²) in [4.78, 5) is 88.5. The number of hydrogen-bond donors (Lipinski definition) is 9. The van der Waals surface area contributed by atoms with Crippen LogP contribution in [-0.2, 0) is 49.7 Å². The number of H-pyrrole nitrogens is 2. The largest absolute Gasteiger partial charge is 0.368 e. The third-order valence-electron chi connectivity index (χ3n) is 11.1. The molecule has 2 aromatic heterocycles. The Morgan fingerprint density at radius 2 is 1.08 bits per heavy atom. The first kappa shape index (κ1) is 46.1. The van der Waals surface area contributed by atoms with Crippen LogP contribution in [0.2, 0.25) is 0 Å². The maximum Gasteiger partial charge on any atom is 0.336 e. The number of hydrogen-bond acceptors (Lipinski definition) is 7. The highest BCUT2D eigenvalue weighted by Gasteiger charge is 2.32. The quantitative estimate of drug-likeness (QED) is 0.0385. The lowest BCUT2D eigenvalue weighted by atomic mass is 10.0. The van der Waals surface area contributed by atoms with Crippen molar-refractivity contribution in [3.05, 3.63) is 144 Å². The summed E-state index contributed by atoms with van der Waals surface area (Å²) in [6.45, 7) is 0.409. The number of urea groups is 1. The van der Waals surface area contributed by atoms with E-state index in [4.69, 9.17) is 11.5 Å². The molecule has 7 amide bonds. The number of aromatic amines is 2. The molecule has 0 aliphatic heterocycles. The number of unbranched alkanes of at least 4 members (excludes halogenated alkanes) is 1. The minimum absolute atomic E-state index is 0.00723. The number of fused-ring (bicyclic) bond motifs is 2. The van der Waals surface area contributed by atoms with E-state index >= 15 is 0 Å². The van der Waals surface area contributed by atoms with Crippen molar-refractivity contribution in [2.75, 3.05) is 13.6 Å². The maximum absolute atomic E-state index is 14.4. The van der Waals surface area contributed by atoms with Crippen molar-refractivity contribution < 1.29 is 28.8 Å². The molecule has 0 aliphatic carbocycles. The number of aromatic nitrogens is 2. The second-order valence-electron chi connectivity index (χ2n) is 15.8. The molecule has 334 valence electrons. The molecule has 6 rings (SSSR count). The number of primary amides is 1. The predicted octanol–water partition coefficient (Wildman–Crippen LogP) is 3.42. The Morgan fingerprint density at radius 1 is 0.578 bits per heavy atom. The molecule has 0 bridgehead atoms. The van der Waals surface area contributed by atoms with Gasteiger partial charge in [0.25, 0.3) is 5.91 Å². The van der Waals surface area contributed by atoms with Crippen molar-refractivity contribution in [1.29, 1.82) is 0 Å². The van der Waals surface area contributed by atoms with Crippen LogP contribution in [0.5, 0.6) is 0 Å². The standard InChI is InChI=1S/C48H56N10O6/c1-58(57-47(63)42(28-34-30-52-38-21-11-9-19-36(34)38)53-43(59)24-23-31-14-4-2-5-15-31)48(64)56-41(27-33-29-51-37-20-10-8-18-35(33)37)46(62)55-40(26-32-16-6-3-7-17-32)45(61)54-39(44(50)60)22-12-13-25-49/h2-11,14-21,29-30,39-42,51-52H,12-13,22-28,49H2,1H3,(H2,50,60)(H,53,59)(H,54,61)(H,55,62)(H,56,64)(H,57,63)/t39-,40+,41-,42+/m0/s1. The van der Waals surface area contributed by atoms with E-state index in [1.54, 1.807) is 36.7 Å². The lowest BCUT2D eigenvalue weighted by molar-refractivity contribution is -0.132. The Morgan fingerprint density at radius 3 is 1.64 bits per heavy atom. The van der Waals surface area contributed by atoms with Gasteiger partial charge >= 0.3 is 6.03 Å². The Hall–Kier alpha value is -7.46. The first-order valence-electron chi connectivity index (χ1n) is 21.4. The van der Waals surface area contributed by atoms with E-state index in [0.717, 1.165) is 43.5 Å². The minimum atomic E-state index is -1.27. The van der Waals surface area contributed by atoms with E-state index < -0.39 is 53.8 Å². The summed E-state index contributed by atoms with van der Waals surface area (Å²) in [6, 6.07) is 28.3. The second kappa shape index (κ2) is 22.6. The number of hydrazine groups is 1. The van der Waals surface area contributed by atoms with Gasteiger partial charge in [-0.05, 0) is 66.6 Å². The topological polar surface area (TPSA) is 249 Å². The number of carbonyl (C=O) groups is 6. The van der Waals surface area contributed by atoms with Gasteiger partial charge in [-0.15, -0.1) is 0 Å².